The van der Waals surface area contributed by atoms with Gasteiger partial charge < -0.3 is 20.8 Å². The van der Waals surface area contributed by atoms with Gasteiger partial charge in [0.05, 0.1) is 5.69 Å². The maximum absolute atomic E-state index is 11.9. The van der Waals surface area contributed by atoms with Crippen LogP contribution in [0.1, 0.15) is 26.4 Å². The van der Waals surface area contributed by atoms with Crippen molar-refractivity contribution >= 4 is 29.2 Å². The quantitative estimate of drug-likeness (QED) is 0.840. The molecule has 0 aliphatic rings. The van der Waals surface area contributed by atoms with E-state index in [1.807, 2.05) is 0 Å². The van der Waals surface area contributed by atoms with E-state index in [-0.39, 0.29) is 6.61 Å². The number of ether oxygens (including phenoxy) is 1. The van der Waals surface area contributed by atoms with E-state index in [9.17, 15) is 9.59 Å². The highest BCUT2D eigenvalue weighted by Crippen LogP contribution is 2.19. The first-order chi connectivity index (χ1) is 9.88. The van der Waals surface area contributed by atoms with Gasteiger partial charge in [0.1, 0.15) is 12.3 Å². The van der Waals surface area contributed by atoms with Gasteiger partial charge in [-0.1, -0.05) is 17.7 Å². The normalized spacial score (nSPS) is 10.4. The first kappa shape index (κ1) is 14.9. The van der Waals surface area contributed by atoms with Gasteiger partial charge in [0.2, 0.25) is 5.91 Å². The summed E-state index contributed by atoms with van der Waals surface area (Å²) in [5.74, 6) is -1.08. The van der Waals surface area contributed by atoms with Gasteiger partial charge in [0.15, 0.2) is 0 Å². The van der Waals surface area contributed by atoms with E-state index in [4.69, 9.17) is 27.8 Å². The van der Waals surface area contributed by atoms with Crippen LogP contribution >= 0.6 is 11.6 Å². The number of benzene rings is 1. The Morgan fingerprint density at radius 1 is 1.33 bits per heavy atom. The van der Waals surface area contributed by atoms with E-state index in [1.165, 1.54) is 18.2 Å². The Morgan fingerprint density at radius 2 is 2.05 bits per heavy atom. The highest BCUT2D eigenvalue weighted by atomic mass is 35.5. The van der Waals surface area contributed by atoms with Gasteiger partial charge in [-0.05, 0) is 18.2 Å². The first-order valence-corrected chi connectivity index (χ1v) is 6.43. The number of aryl methyl sites for hydroxylation is 1. The Balaban J connectivity index is 2.08. The van der Waals surface area contributed by atoms with Crippen LogP contribution in [0.15, 0.2) is 30.5 Å². The molecule has 0 atom stereocenters. The number of esters is 1. The molecule has 0 fully saturated rings. The second kappa shape index (κ2) is 5.88. The third-order valence-electron chi connectivity index (χ3n) is 2.93. The van der Waals surface area contributed by atoms with Crippen molar-refractivity contribution in [3.05, 3.63) is 52.3 Å². The lowest BCUT2D eigenvalue weighted by Gasteiger charge is -2.08. The number of hydrogen-bond acceptors (Lipinski definition) is 4. The number of carbonyl (C=O) groups is 2. The number of anilines is 1. The van der Waals surface area contributed by atoms with E-state index < -0.39 is 11.9 Å². The summed E-state index contributed by atoms with van der Waals surface area (Å²) >= 11 is 6.01. The number of nitrogens with two attached hydrogens (primary N) is 2. The Kier molecular flexibility index (Phi) is 4.18. The molecule has 110 valence electrons. The Bertz CT molecular complexity index is 709. The fraction of sp³-hybridized carbons (Fsp3) is 0.143. The van der Waals surface area contributed by atoms with Gasteiger partial charge in [-0.15, -0.1) is 0 Å². The molecule has 0 saturated carbocycles. The van der Waals surface area contributed by atoms with Crippen molar-refractivity contribution in [2.75, 3.05) is 5.73 Å². The molecule has 21 heavy (non-hydrogen) atoms. The van der Waals surface area contributed by atoms with Gasteiger partial charge in [-0.25, -0.2) is 4.79 Å². The smallest absolute Gasteiger partial charge is 0.355 e. The predicted molar refractivity (Wildman–Crippen MR) is 78.9 cm³/mol. The highest BCUT2D eigenvalue weighted by molar-refractivity contribution is 6.31. The molecule has 7 heteroatoms. The highest BCUT2D eigenvalue weighted by Gasteiger charge is 2.14. The summed E-state index contributed by atoms with van der Waals surface area (Å²) in [7, 11) is 1.70. The summed E-state index contributed by atoms with van der Waals surface area (Å²) in [6.45, 7) is -0.0121. The Morgan fingerprint density at radius 3 is 2.57 bits per heavy atom. The largest absolute Gasteiger partial charge is 0.456 e. The molecule has 1 amide bonds. The van der Waals surface area contributed by atoms with Crippen LogP contribution < -0.4 is 11.5 Å². The average molecular weight is 308 g/mol. The average Bonchev–Trinajstić information content (AvgIpc) is 2.75. The lowest BCUT2D eigenvalue weighted by molar-refractivity contribution is 0.0461. The zero-order valence-corrected chi connectivity index (χ0v) is 12.1. The molecule has 0 radical (unpaired) electrons. The minimum atomic E-state index is -0.570. The molecular formula is C14H14ClN3O3. The maximum atomic E-state index is 11.9. The van der Waals surface area contributed by atoms with Crippen LogP contribution in [0.25, 0.3) is 0 Å². The minimum Gasteiger partial charge on any atom is -0.456 e. The summed E-state index contributed by atoms with van der Waals surface area (Å²) in [6, 6.07) is 6.08. The molecule has 2 aromatic rings. The zero-order valence-electron chi connectivity index (χ0n) is 11.3. The molecule has 4 N–H and O–H groups in total. The number of hydrogen-bond donors (Lipinski definition) is 2. The van der Waals surface area contributed by atoms with Crippen molar-refractivity contribution in [1.29, 1.82) is 0 Å². The van der Waals surface area contributed by atoms with Gasteiger partial charge >= 0.3 is 5.97 Å². The molecule has 0 bridgehead atoms. The number of nitrogen functional groups attached to an aromatic ring is 1. The number of rotatable bonds is 4. The zero-order chi connectivity index (χ0) is 15.6. The Labute approximate surface area is 126 Å². The van der Waals surface area contributed by atoms with Crippen molar-refractivity contribution in [2.24, 2.45) is 12.8 Å². The lowest BCUT2D eigenvalue weighted by atomic mass is 10.1. The van der Waals surface area contributed by atoms with Crippen LogP contribution in [0.2, 0.25) is 5.02 Å². The first-order valence-electron chi connectivity index (χ1n) is 6.05. The van der Waals surface area contributed by atoms with Gasteiger partial charge in [0.25, 0.3) is 0 Å². The fourth-order valence-electron chi connectivity index (χ4n) is 1.83. The van der Waals surface area contributed by atoms with Crippen LogP contribution in [-0.2, 0) is 18.4 Å². The second-order valence-corrected chi connectivity index (χ2v) is 4.92. The van der Waals surface area contributed by atoms with E-state index in [0.717, 1.165) is 0 Å². The van der Waals surface area contributed by atoms with E-state index in [2.05, 4.69) is 0 Å². The standard InChI is InChI=1S/C14H14ClN3O3/c1-18-6-10(16)5-12(18)14(20)21-7-9-3-2-8(13(17)19)4-11(9)15/h2-6H,7,16H2,1H3,(H2,17,19). The SMILES string of the molecule is Cn1cc(N)cc1C(=O)OCc1ccc(C(N)=O)cc1Cl. The molecule has 2 rings (SSSR count). The molecule has 0 spiro atoms. The molecule has 6 nitrogen and oxygen atoms in total. The minimum absolute atomic E-state index is 0.0121. The molecule has 1 aromatic carbocycles. The third kappa shape index (κ3) is 3.35. The van der Waals surface area contributed by atoms with Crippen LogP contribution in [0.3, 0.4) is 0 Å². The molecule has 0 aliphatic carbocycles. The van der Waals surface area contributed by atoms with Crippen LogP contribution in [0.5, 0.6) is 0 Å². The molecule has 0 unspecified atom stereocenters. The summed E-state index contributed by atoms with van der Waals surface area (Å²) in [5, 5.41) is 0.311. The predicted octanol–water partition coefficient (Wildman–Crippen LogP) is 1.72. The summed E-state index contributed by atoms with van der Waals surface area (Å²) in [5.41, 5.74) is 12.5. The summed E-state index contributed by atoms with van der Waals surface area (Å²) in [6.07, 6.45) is 1.62. The third-order valence-corrected chi connectivity index (χ3v) is 3.28. The number of nitrogens with zero attached hydrogens (tertiary/aromatic N) is 1. The van der Waals surface area contributed by atoms with Gasteiger partial charge in [0, 0.05) is 29.4 Å². The van der Waals surface area contributed by atoms with Crippen LogP contribution in [0.4, 0.5) is 5.69 Å². The van der Waals surface area contributed by atoms with Crippen molar-refractivity contribution in [2.45, 2.75) is 6.61 Å². The van der Waals surface area contributed by atoms with Crippen molar-refractivity contribution in [3.63, 3.8) is 0 Å². The van der Waals surface area contributed by atoms with Gasteiger partial charge in [-0.3, -0.25) is 4.79 Å². The van der Waals surface area contributed by atoms with Crippen molar-refractivity contribution in [3.8, 4) is 0 Å². The topological polar surface area (TPSA) is 100 Å². The van der Waals surface area contributed by atoms with Crippen molar-refractivity contribution < 1.29 is 14.3 Å². The molecular weight excluding hydrogens is 294 g/mol. The van der Waals surface area contributed by atoms with Crippen LogP contribution in [0, 0.1) is 0 Å². The van der Waals surface area contributed by atoms with E-state index >= 15 is 0 Å². The maximum Gasteiger partial charge on any atom is 0.355 e. The monoisotopic (exact) mass is 307 g/mol. The molecule has 1 heterocycles. The van der Waals surface area contributed by atoms with E-state index in [0.29, 0.717) is 27.5 Å². The van der Waals surface area contributed by atoms with Gasteiger partial charge in [-0.2, -0.15) is 0 Å². The number of halogens is 1. The summed E-state index contributed by atoms with van der Waals surface area (Å²) < 4.78 is 6.75. The number of aromatic nitrogens is 1. The van der Waals surface area contributed by atoms with E-state index in [1.54, 1.807) is 23.9 Å². The number of carbonyl (C=O) groups excluding carboxylic acids is 2. The number of primary amides is 1. The van der Waals surface area contributed by atoms with Crippen LogP contribution in [-0.4, -0.2) is 16.4 Å². The molecule has 0 saturated heterocycles. The second-order valence-electron chi connectivity index (χ2n) is 4.52. The summed E-state index contributed by atoms with van der Waals surface area (Å²) in [4.78, 5) is 22.9. The molecule has 1 aromatic heterocycles. The molecule has 0 aliphatic heterocycles. The number of amides is 1. The fourth-order valence-corrected chi connectivity index (χ4v) is 2.06. The van der Waals surface area contributed by atoms with Crippen molar-refractivity contribution in [1.82, 2.24) is 4.57 Å². The Hall–Kier alpha value is -2.47. The lowest BCUT2D eigenvalue weighted by Crippen LogP contribution is -2.12.